The molecule has 0 saturated heterocycles. The van der Waals surface area contributed by atoms with Gasteiger partial charge in [0.25, 0.3) is 0 Å². The summed E-state index contributed by atoms with van der Waals surface area (Å²) in [6.07, 6.45) is 17.5. The van der Waals surface area contributed by atoms with E-state index in [0.717, 1.165) is 68.3 Å². The first-order valence-corrected chi connectivity index (χ1v) is 27.1. The van der Waals surface area contributed by atoms with Crippen molar-refractivity contribution in [3.05, 3.63) is 139 Å². The normalized spacial score (nSPS) is 15.2. The van der Waals surface area contributed by atoms with Crippen molar-refractivity contribution < 1.29 is 24.5 Å². The van der Waals surface area contributed by atoms with Crippen molar-refractivity contribution in [3.8, 4) is 33.6 Å². The van der Waals surface area contributed by atoms with Crippen LogP contribution in [0.3, 0.4) is 0 Å². The zero-order valence-corrected chi connectivity index (χ0v) is 36.3. The van der Waals surface area contributed by atoms with Gasteiger partial charge < -0.3 is 9.40 Å². The summed E-state index contributed by atoms with van der Waals surface area (Å²) in [6.45, 7) is 0. The Morgan fingerprint density at radius 2 is 1.50 bits per heavy atom. The van der Waals surface area contributed by atoms with Crippen LogP contribution in [0.15, 0.2) is 120 Å². The topological polar surface area (TPSA) is 38.9 Å². The fraction of sp³-hybridized carbons (Fsp3) is 0.306. The van der Waals surface area contributed by atoms with Crippen molar-refractivity contribution in [3.63, 3.8) is 0 Å². The van der Waals surface area contributed by atoms with E-state index in [1.807, 2.05) is 18.3 Å². The minimum atomic E-state index is -1.76. The molecular weight excluding hydrogens is 897 g/mol. The van der Waals surface area contributed by atoms with Crippen molar-refractivity contribution >= 4 is 39.6 Å². The Morgan fingerprint density at radius 3 is 2.22 bits per heavy atom. The molecule has 54 heavy (non-hydrogen) atoms. The summed E-state index contributed by atoms with van der Waals surface area (Å²) in [5, 5.41) is 2.25. The van der Waals surface area contributed by atoms with E-state index < -0.39 is 13.3 Å². The van der Waals surface area contributed by atoms with Crippen LogP contribution in [-0.2, 0) is 26.5 Å². The van der Waals surface area contributed by atoms with Gasteiger partial charge >= 0.3 is 137 Å². The van der Waals surface area contributed by atoms with Gasteiger partial charge in [-0.05, 0) is 41.3 Å². The summed E-state index contributed by atoms with van der Waals surface area (Å²) in [7, 11) is 0. The molecule has 5 heteroatoms. The second-order valence-corrected chi connectivity index (χ2v) is 26.9. The molecule has 277 valence electrons. The third-order valence-corrected chi connectivity index (χ3v) is 15.7. The molecule has 7 aromatic rings. The molecule has 1 radical (unpaired) electrons. The molecule has 0 bridgehead atoms. The number of furan rings is 1. The first kappa shape index (κ1) is 38.4. The number of aromatic nitrogens is 2. The molecule has 2 saturated carbocycles. The second-order valence-electron chi connectivity index (χ2n) is 16.2. The van der Waals surface area contributed by atoms with E-state index in [4.69, 9.17) is 4.42 Å². The standard InChI is InChI=1S/C29H24NO.C20H26GeN.Ir/c1-2-9-22(10-3-1)23-13-14-24-25-11-6-12-26(29(25)31-28(24)19-23)27-18-21(15-16-30-27)17-20-7-4-5-8-20;1-21(2,3)19-13-14-20(22-15-19)18-11-9-17(10-12-18)16-7-5-4-6-8-16;/h1-3,6,9-11,13-16,18-20H,4-5,7-8,17H2;9-11,13-16H,4-8H2,1-3H3;/q2*-1;. The maximum Gasteiger partial charge on any atom is 0.121 e. The smallest absolute Gasteiger partial charge is 0.121 e. The molecule has 2 aliphatic rings. The van der Waals surface area contributed by atoms with E-state index in [1.165, 1.54) is 78.9 Å². The Balaban J connectivity index is 0.000000174. The molecule has 4 aromatic carbocycles. The van der Waals surface area contributed by atoms with Crippen LogP contribution in [0.2, 0.25) is 17.3 Å². The quantitative estimate of drug-likeness (QED) is 0.118. The van der Waals surface area contributed by atoms with Gasteiger partial charge in [0.15, 0.2) is 0 Å². The van der Waals surface area contributed by atoms with Crippen molar-refractivity contribution in [1.82, 2.24) is 9.97 Å². The molecule has 0 atom stereocenters. The molecule has 0 spiro atoms. The molecule has 3 nitrogen and oxygen atoms in total. The van der Waals surface area contributed by atoms with Gasteiger partial charge in [0.05, 0.1) is 5.58 Å². The minimum Gasteiger partial charge on any atom is -0.501 e. The van der Waals surface area contributed by atoms with Crippen molar-refractivity contribution in [2.75, 3.05) is 0 Å². The molecule has 3 aromatic heterocycles. The molecule has 2 fully saturated rings. The van der Waals surface area contributed by atoms with Crippen LogP contribution in [0.1, 0.15) is 74.8 Å². The molecule has 0 amide bonds. The van der Waals surface area contributed by atoms with Crippen LogP contribution in [0.4, 0.5) is 0 Å². The molecule has 2 aliphatic carbocycles. The SMILES string of the molecule is [CH3][Ge]([CH3])([CH3])[c]1ccc(-c2[c-]cc(C3CCCCC3)cc2)nc1.[Ir].[c-]1ccc2c(oc3cc(-c4ccccc4)ccc32)c1-c1cc(CC2CCCC2)ccn1. The van der Waals surface area contributed by atoms with Gasteiger partial charge in [-0.2, -0.15) is 0 Å². The Hall–Kier alpha value is -3.83. The van der Waals surface area contributed by atoms with E-state index in [1.54, 1.807) is 0 Å². The summed E-state index contributed by atoms with van der Waals surface area (Å²) < 4.78 is 7.86. The van der Waals surface area contributed by atoms with Crippen LogP contribution in [-0.4, -0.2) is 23.2 Å². The summed E-state index contributed by atoms with van der Waals surface area (Å²) >= 11 is -1.76. The summed E-state index contributed by atoms with van der Waals surface area (Å²) in [5.74, 6) is 8.78. The fourth-order valence-corrected chi connectivity index (χ4v) is 10.5. The number of rotatable bonds is 7. The number of hydrogen-bond acceptors (Lipinski definition) is 3. The second kappa shape index (κ2) is 17.3. The third-order valence-electron chi connectivity index (χ3n) is 11.4. The molecule has 0 aliphatic heterocycles. The summed E-state index contributed by atoms with van der Waals surface area (Å²) in [5.41, 5.74) is 11.0. The number of fused-ring (bicyclic) bond motifs is 3. The first-order chi connectivity index (χ1) is 25.9. The number of hydrogen-bond donors (Lipinski definition) is 0. The van der Waals surface area contributed by atoms with Crippen molar-refractivity contribution in [2.24, 2.45) is 5.92 Å². The molecule has 0 unspecified atom stereocenters. The van der Waals surface area contributed by atoms with E-state index in [-0.39, 0.29) is 20.1 Å². The maximum atomic E-state index is 6.40. The Morgan fingerprint density at radius 1 is 0.704 bits per heavy atom. The molecule has 0 N–H and O–H groups in total. The molecular formula is C49H50GeIrN2O-2. The van der Waals surface area contributed by atoms with Gasteiger partial charge in [0, 0.05) is 31.7 Å². The number of pyridine rings is 2. The van der Waals surface area contributed by atoms with Gasteiger partial charge in [-0.25, -0.2) is 0 Å². The average molecular weight is 948 g/mol. The van der Waals surface area contributed by atoms with Gasteiger partial charge in [-0.1, -0.05) is 90.7 Å². The van der Waals surface area contributed by atoms with Crippen LogP contribution in [0.5, 0.6) is 0 Å². The van der Waals surface area contributed by atoms with Crippen LogP contribution in [0.25, 0.3) is 55.6 Å². The van der Waals surface area contributed by atoms with E-state index in [9.17, 15) is 0 Å². The number of nitrogens with zero attached hydrogens (tertiary/aromatic N) is 2. The molecule has 9 rings (SSSR count). The largest absolute Gasteiger partial charge is 0.501 e. The number of benzene rings is 4. The fourth-order valence-electron chi connectivity index (χ4n) is 8.31. The van der Waals surface area contributed by atoms with E-state index >= 15 is 0 Å². The summed E-state index contributed by atoms with van der Waals surface area (Å²) in [6, 6.07) is 43.3. The van der Waals surface area contributed by atoms with Gasteiger partial charge in [0.2, 0.25) is 0 Å². The monoisotopic (exact) mass is 949 g/mol. The van der Waals surface area contributed by atoms with Crippen LogP contribution in [0, 0.1) is 18.1 Å². The van der Waals surface area contributed by atoms with Crippen molar-refractivity contribution in [2.45, 2.75) is 87.4 Å². The predicted octanol–water partition coefficient (Wildman–Crippen LogP) is 13.0. The molecule has 3 heterocycles. The Bertz CT molecular complexity index is 2280. The third kappa shape index (κ3) is 8.83. The van der Waals surface area contributed by atoms with E-state index in [2.05, 4.69) is 137 Å². The average Bonchev–Trinajstić information content (AvgIpc) is 3.86. The zero-order valence-electron chi connectivity index (χ0n) is 31.8. The predicted molar refractivity (Wildman–Crippen MR) is 224 cm³/mol. The maximum absolute atomic E-state index is 6.40. The minimum absolute atomic E-state index is 0. The zero-order chi connectivity index (χ0) is 36.2. The Labute approximate surface area is 337 Å². The van der Waals surface area contributed by atoms with Crippen LogP contribution >= 0.6 is 0 Å². The Kier molecular flexibility index (Phi) is 12.3. The van der Waals surface area contributed by atoms with Gasteiger partial charge in [-0.15, -0.1) is 18.2 Å². The van der Waals surface area contributed by atoms with Gasteiger partial charge in [-0.3, -0.25) is 0 Å². The summed E-state index contributed by atoms with van der Waals surface area (Å²) in [4.78, 5) is 9.35. The van der Waals surface area contributed by atoms with Crippen molar-refractivity contribution in [1.29, 1.82) is 0 Å². The van der Waals surface area contributed by atoms with Crippen LogP contribution < -0.4 is 4.40 Å². The van der Waals surface area contributed by atoms with Gasteiger partial charge in [0.1, 0.15) is 5.58 Å². The first-order valence-electron chi connectivity index (χ1n) is 19.8. The van der Waals surface area contributed by atoms with E-state index in [0.29, 0.717) is 0 Å².